The predicted molar refractivity (Wildman–Crippen MR) is 65.6 cm³/mol. The van der Waals surface area contributed by atoms with E-state index < -0.39 is 5.63 Å². The van der Waals surface area contributed by atoms with Gasteiger partial charge >= 0.3 is 5.63 Å². The van der Waals surface area contributed by atoms with Crippen LogP contribution in [0, 0.1) is 0 Å². The van der Waals surface area contributed by atoms with E-state index in [0.29, 0.717) is 16.9 Å². The van der Waals surface area contributed by atoms with E-state index in [0.717, 1.165) is 0 Å². The van der Waals surface area contributed by atoms with Gasteiger partial charge in [0.15, 0.2) is 17.1 Å². The molecule has 0 saturated heterocycles. The minimum absolute atomic E-state index is 0.0229. The molecule has 5 nitrogen and oxygen atoms in total. The summed E-state index contributed by atoms with van der Waals surface area (Å²) in [4.78, 5) is 22.9. The molecule has 0 atom stereocenters. The average Bonchev–Trinajstić information content (AvgIpc) is 2.36. The molecular formula is C13H12O5. The first kappa shape index (κ1) is 12.2. The highest BCUT2D eigenvalue weighted by Crippen LogP contribution is 2.34. The molecule has 1 aromatic heterocycles. The van der Waals surface area contributed by atoms with Gasteiger partial charge in [-0.25, -0.2) is 4.79 Å². The first-order valence-electron chi connectivity index (χ1n) is 5.28. The molecule has 0 aliphatic carbocycles. The van der Waals surface area contributed by atoms with Crippen LogP contribution in [0.5, 0.6) is 11.5 Å². The highest BCUT2D eigenvalue weighted by molar-refractivity contribution is 5.97. The molecule has 1 heterocycles. The maximum atomic E-state index is 11.7. The molecule has 0 saturated carbocycles. The van der Waals surface area contributed by atoms with Gasteiger partial charge in [-0.15, -0.1) is 0 Å². The summed E-state index contributed by atoms with van der Waals surface area (Å²) in [6, 6.07) is 4.88. The molecule has 0 spiro atoms. The number of benzene rings is 1. The number of rotatable bonds is 3. The Morgan fingerprint density at radius 1 is 1.22 bits per heavy atom. The van der Waals surface area contributed by atoms with Gasteiger partial charge in [-0.05, 0) is 25.1 Å². The van der Waals surface area contributed by atoms with Crippen molar-refractivity contribution in [3.63, 3.8) is 0 Å². The number of hydrogen-bond donors (Lipinski definition) is 0. The van der Waals surface area contributed by atoms with Crippen molar-refractivity contribution in [3.05, 3.63) is 34.2 Å². The van der Waals surface area contributed by atoms with Gasteiger partial charge in [0.2, 0.25) is 5.75 Å². The minimum Gasteiger partial charge on any atom is -0.493 e. The Kier molecular flexibility index (Phi) is 3.06. The number of Topliss-reactive ketones (excluding diaryl/α,β-unsaturated/α-hetero) is 1. The molecule has 0 radical (unpaired) electrons. The number of ether oxygens (including phenoxy) is 2. The first-order chi connectivity index (χ1) is 8.58. The van der Waals surface area contributed by atoms with E-state index in [1.54, 1.807) is 12.1 Å². The van der Waals surface area contributed by atoms with E-state index in [4.69, 9.17) is 13.9 Å². The van der Waals surface area contributed by atoms with E-state index >= 15 is 0 Å². The van der Waals surface area contributed by atoms with Gasteiger partial charge in [-0.2, -0.15) is 0 Å². The minimum atomic E-state index is -0.679. The fourth-order valence-corrected chi connectivity index (χ4v) is 1.74. The Morgan fingerprint density at radius 2 is 1.94 bits per heavy atom. The Hall–Kier alpha value is -2.30. The molecule has 0 unspecified atom stereocenters. The van der Waals surface area contributed by atoms with Gasteiger partial charge in [0.05, 0.1) is 14.2 Å². The van der Waals surface area contributed by atoms with Gasteiger partial charge in [0.25, 0.3) is 0 Å². The molecule has 1 aromatic carbocycles. The van der Waals surface area contributed by atoms with Gasteiger partial charge in [0.1, 0.15) is 5.56 Å². The summed E-state index contributed by atoms with van der Waals surface area (Å²) < 4.78 is 15.4. The molecule has 0 amide bonds. The quantitative estimate of drug-likeness (QED) is 0.614. The van der Waals surface area contributed by atoms with Crippen LogP contribution in [0.1, 0.15) is 17.3 Å². The van der Waals surface area contributed by atoms with Crippen LogP contribution in [0.4, 0.5) is 0 Å². The molecule has 0 aliphatic rings. The van der Waals surface area contributed by atoms with Crippen molar-refractivity contribution in [1.29, 1.82) is 0 Å². The molecule has 2 aromatic rings. The maximum Gasteiger partial charge on any atom is 0.347 e. The van der Waals surface area contributed by atoms with E-state index in [9.17, 15) is 9.59 Å². The Labute approximate surface area is 103 Å². The molecular weight excluding hydrogens is 236 g/mol. The van der Waals surface area contributed by atoms with Crippen LogP contribution in [-0.2, 0) is 0 Å². The lowest BCUT2D eigenvalue weighted by atomic mass is 10.1. The number of methoxy groups -OCH3 is 2. The normalized spacial score (nSPS) is 10.4. The van der Waals surface area contributed by atoms with Crippen LogP contribution in [0.25, 0.3) is 11.0 Å². The molecule has 0 fully saturated rings. The number of fused-ring (bicyclic) bond motifs is 1. The second-order valence-corrected chi connectivity index (χ2v) is 3.72. The SMILES string of the molecule is COc1ccc2cc(C(C)=O)c(=O)oc2c1OC. The lowest BCUT2D eigenvalue weighted by Crippen LogP contribution is -2.11. The van der Waals surface area contributed by atoms with Crippen molar-refractivity contribution in [3.8, 4) is 11.5 Å². The largest absolute Gasteiger partial charge is 0.493 e. The Morgan fingerprint density at radius 3 is 2.50 bits per heavy atom. The smallest absolute Gasteiger partial charge is 0.347 e. The molecule has 0 bridgehead atoms. The zero-order valence-corrected chi connectivity index (χ0v) is 10.3. The molecule has 5 heteroatoms. The van der Waals surface area contributed by atoms with Crippen molar-refractivity contribution in [2.45, 2.75) is 6.92 Å². The first-order valence-corrected chi connectivity index (χ1v) is 5.28. The number of carbonyl (C=O) groups excluding carboxylic acids is 1. The van der Waals surface area contributed by atoms with Crippen molar-refractivity contribution < 1.29 is 18.7 Å². The van der Waals surface area contributed by atoms with Crippen LogP contribution >= 0.6 is 0 Å². The fraction of sp³-hybridized carbons (Fsp3) is 0.231. The van der Waals surface area contributed by atoms with E-state index in [2.05, 4.69) is 0 Å². The van der Waals surface area contributed by atoms with Crippen molar-refractivity contribution in [2.24, 2.45) is 0 Å². The lowest BCUT2D eigenvalue weighted by molar-refractivity contribution is 0.101. The van der Waals surface area contributed by atoms with Gasteiger partial charge in [0, 0.05) is 5.39 Å². The van der Waals surface area contributed by atoms with Gasteiger partial charge in [-0.3, -0.25) is 4.79 Å². The molecule has 94 valence electrons. The van der Waals surface area contributed by atoms with E-state index in [1.165, 1.54) is 27.2 Å². The Balaban J connectivity index is 2.84. The summed E-state index contributed by atoms with van der Waals surface area (Å²) >= 11 is 0. The third-order valence-corrected chi connectivity index (χ3v) is 2.62. The summed E-state index contributed by atoms with van der Waals surface area (Å²) in [6.07, 6.45) is 0. The summed E-state index contributed by atoms with van der Waals surface area (Å²) in [5.74, 6) is 0.464. The van der Waals surface area contributed by atoms with Crippen LogP contribution in [0.3, 0.4) is 0 Å². The second kappa shape index (κ2) is 4.52. The van der Waals surface area contributed by atoms with Crippen LogP contribution in [0.2, 0.25) is 0 Å². The molecule has 18 heavy (non-hydrogen) atoms. The summed E-state index contributed by atoms with van der Waals surface area (Å²) in [7, 11) is 2.95. The molecule has 0 N–H and O–H groups in total. The summed E-state index contributed by atoms with van der Waals surface area (Å²) in [6.45, 7) is 1.32. The Bertz CT molecular complexity index is 669. The van der Waals surface area contributed by atoms with Crippen LogP contribution < -0.4 is 15.1 Å². The number of carbonyl (C=O) groups is 1. The summed E-state index contributed by atoms with van der Waals surface area (Å²) in [5, 5.41) is 0.609. The highest BCUT2D eigenvalue weighted by atomic mass is 16.5. The van der Waals surface area contributed by atoms with Crippen molar-refractivity contribution >= 4 is 16.8 Å². The van der Waals surface area contributed by atoms with E-state index in [1.807, 2.05) is 0 Å². The predicted octanol–water partition coefficient (Wildman–Crippen LogP) is 2.01. The van der Waals surface area contributed by atoms with Gasteiger partial charge < -0.3 is 13.9 Å². The van der Waals surface area contributed by atoms with E-state index in [-0.39, 0.29) is 16.9 Å². The average molecular weight is 248 g/mol. The third kappa shape index (κ3) is 1.84. The summed E-state index contributed by atoms with van der Waals surface area (Å²) in [5.41, 5.74) is -0.386. The van der Waals surface area contributed by atoms with Crippen molar-refractivity contribution in [1.82, 2.24) is 0 Å². The third-order valence-electron chi connectivity index (χ3n) is 2.62. The van der Waals surface area contributed by atoms with Crippen LogP contribution in [0.15, 0.2) is 27.4 Å². The number of hydrogen-bond acceptors (Lipinski definition) is 5. The van der Waals surface area contributed by atoms with Gasteiger partial charge in [-0.1, -0.05) is 0 Å². The zero-order valence-electron chi connectivity index (χ0n) is 10.3. The number of ketones is 1. The fourth-order valence-electron chi connectivity index (χ4n) is 1.74. The second-order valence-electron chi connectivity index (χ2n) is 3.72. The monoisotopic (exact) mass is 248 g/mol. The van der Waals surface area contributed by atoms with Crippen LogP contribution in [-0.4, -0.2) is 20.0 Å². The lowest BCUT2D eigenvalue weighted by Gasteiger charge is -2.09. The molecule has 0 aliphatic heterocycles. The standard InChI is InChI=1S/C13H12O5/c1-7(14)9-6-8-4-5-10(16-2)12(17-3)11(8)18-13(9)15/h4-6H,1-3H3. The molecule has 2 rings (SSSR count). The highest BCUT2D eigenvalue weighted by Gasteiger charge is 2.15. The maximum absolute atomic E-state index is 11.7. The topological polar surface area (TPSA) is 65.7 Å². The van der Waals surface area contributed by atoms with Crippen molar-refractivity contribution in [2.75, 3.05) is 14.2 Å². The zero-order chi connectivity index (χ0) is 13.3.